The molecule has 0 aromatic rings. The van der Waals surface area contributed by atoms with Crippen LogP contribution in [0.25, 0.3) is 0 Å². The SMILES string of the molecule is CC1C2CC(C(CN(C)C)/C2=N/O)C1(C)C.Cl. The molecule has 0 heterocycles. The van der Waals surface area contributed by atoms with Crippen LogP contribution in [0.1, 0.15) is 27.2 Å². The molecule has 2 bridgehead atoms. The summed E-state index contributed by atoms with van der Waals surface area (Å²) < 4.78 is 0. The maximum absolute atomic E-state index is 9.23. The molecule has 2 aliphatic rings. The lowest BCUT2D eigenvalue weighted by Gasteiger charge is -2.41. The fourth-order valence-electron chi connectivity index (χ4n) is 3.94. The van der Waals surface area contributed by atoms with Crippen molar-refractivity contribution in [2.24, 2.45) is 34.2 Å². The summed E-state index contributed by atoms with van der Waals surface area (Å²) in [4.78, 5) is 2.21. The van der Waals surface area contributed by atoms with Gasteiger partial charge in [0.1, 0.15) is 0 Å². The molecule has 2 fully saturated rings. The van der Waals surface area contributed by atoms with E-state index in [-0.39, 0.29) is 12.4 Å². The predicted octanol–water partition coefficient (Wildman–Crippen LogP) is 2.73. The summed E-state index contributed by atoms with van der Waals surface area (Å²) >= 11 is 0. The number of nitrogens with zero attached hydrogens (tertiary/aromatic N) is 2. The third-order valence-electron chi connectivity index (χ3n) is 5.16. The first kappa shape index (κ1) is 14.8. The van der Waals surface area contributed by atoms with Crippen molar-refractivity contribution >= 4 is 18.1 Å². The Morgan fingerprint density at radius 2 is 2.00 bits per heavy atom. The quantitative estimate of drug-likeness (QED) is 0.612. The van der Waals surface area contributed by atoms with E-state index in [1.807, 2.05) is 0 Å². The van der Waals surface area contributed by atoms with Crippen LogP contribution in [0.15, 0.2) is 5.16 Å². The topological polar surface area (TPSA) is 35.8 Å². The third-order valence-corrected chi connectivity index (χ3v) is 5.16. The van der Waals surface area contributed by atoms with Crippen molar-refractivity contribution in [2.75, 3.05) is 20.6 Å². The van der Waals surface area contributed by atoms with E-state index in [0.717, 1.165) is 12.3 Å². The van der Waals surface area contributed by atoms with Gasteiger partial charge in [0.25, 0.3) is 0 Å². The number of fused-ring (bicyclic) bond motifs is 2. The Morgan fingerprint density at radius 3 is 2.47 bits per heavy atom. The summed E-state index contributed by atoms with van der Waals surface area (Å²) in [5.74, 6) is 2.29. The molecule has 0 saturated heterocycles. The molecular weight excluding hydrogens is 236 g/mol. The fourth-order valence-corrected chi connectivity index (χ4v) is 3.94. The summed E-state index contributed by atoms with van der Waals surface area (Å²) in [5, 5.41) is 12.8. The second-order valence-electron chi connectivity index (χ2n) is 6.45. The Bertz CT molecular complexity index is 315. The van der Waals surface area contributed by atoms with E-state index in [1.165, 1.54) is 6.42 Å². The molecule has 2 rings (SSSR count). The molecule has 0 radical (unpaired) electrons. The molecule has 0 aromatic carbocycles. The van der Waals surface area contributed by atoms with E-state index in [9.17, 15) is 5.21 Å². The van der Waals surface area contributed by atoms with Crippen molar-refractivity contribution in [2.45, 2.75) is 27.2 Å². The van der Waals surface area contributed by atoms with E-state index in [1.54, 1.807) is 0 Å². The van der Waals surface area contributed by atoms with Gasteiger partial charge < -0.3 is 10.1 Å². The van der Waals surface area contributed by atoms with E-state index < -0.39 is 0 Å². The first-order valence-corrected chi connectivity index (χ1v) is 6.26. The van der Waals surface area contributed by atoms with Gasteiger partial charge in [-0.25, -0.2) is 0 Å². The fraction of sp³-hybridized carbons (Fsp3) is 0.923. The summed E-state index contributed by atoms with van der Waals surface area (Å²) in [6.45, 7) is 8.07. The van der Waals surface area contributed by atoms with Crippen molar-refractivity contribution in [3.8, 4) is 0 Å². The van der Waals surface area contributed by atoms with Crippen LogP contribution >= 0.6 is 12.4 Å². The number of hydrogen-bond donors (Lipinski definition) is 1. The minimum absolute atomic E-state index is 0. The first-order chi connectivity index (χ1) is 7.39. The Hall–Kier alpha value is -0.280. The minimum atomic E-state index is 0. The van der Waals surface area contributed by atoms with Crippen molar-refractivity contribution in [3.05, 3.63) is 0 Å². The highest BCUT2D eigenvalue weighted by molar-refractivity contribution is 5.92. The van der Waals surface area contributed by atoms with E-state index >= 15 is 0 Å². The van der Waals surface area contributed by atoms with Gasteiger partial charge >= 0.3 is 0 Å². The molecule has 17 heavy (non-hydrogen) atoms. The van der Waals surface area contributed by atoms with Gasteiger partial charge in [-0.2, -0.15) is 0 Å². The monoisotopic (exact) mass is 260 g/mol. The zero-order chi connectivity index (χ0) is 12.1. The summed E-state index contributed by atoms with van der Waals surface area (Å²) in [6, 6.07) is 0. The average molecular weight is 261 g/mol. The number of halogens is 1. The molecule has 0 aromatic heterocycles. The highest BCUT2D eigenvalue weighted by atomic mass is 35.5. The molecule has 100 valence electrons. The maximum Gasteiger partial charge on any atom is 0.0651 e. The van der Waals surface area contributed by atoms with Gasteiger partial charge in [-0.05, 0) is 37.8 Å². The zero-order valence-corrected chi connectivity index (χ0v) is 12.3. The Morgan fingerprint density at radius 1 is 1.41 bits per heavy atom. The molecule has 2 saturated carbocycles. The second kappa shape index (κ2) is 4.77. The lowest BCUT2D eigenvalue weighted by atomic mass is 9.64. The molecule has 3 nitrogen and oxygen atoms in total. The second-order valence-corrected chi connectivity index (χ2v) is 6.45. The summed E-state index contributed by atoms with van der Waals surface area (Å²) in [6.07, 6.45) is 1.21. The largest absolute Gasteiger partial charge is 0.411 e. The molecule has 4 atom stereocenters. The van der Waals surface area contributed by atoms with E-state index in [4.69, 9.17) is 0 Å². The summed E-state index contributed by atoms with van der Waals surface area (Å²) in [7, 11) is 4.19. The van der Waals surface area contributed by atoms with Crippen LogP contribution in [0.2, 0.25) is 0 Å². The molecular formula is C13H25ClN2O. The molecule has 0 aliphatic heterocycles. The molecule has 0 amide bonds. The van der Waals surface area contributed by atoms with Crippen LogP contribution in [0.5, 0.6) is 0 Å². The highest BCUT2D eigenvalue weighted by Gasteiger charge is 2.58. The number of oxime groups is 1. The molecule has 2 aliphatic carbocycles. The van der Waals surface area contributed by atoms with Gasteiger partial charge in [-0.15, -0.1) is 12.4 Å². The van der Waals surface area contributed by atoms with Gasteiger partial charge in [-0.1, -0.05) is 25.9 Å². The van der Waals surface area contributed by atoms with Crippen LogP contribution in [0.3, 0.4) is 0 Å². The molecule has 0 spiro atoms. The van der Waals surface area contributed by atoms with Crippen LogP contribution in [0.4, 0.5) is 0 Å². The Labute approximate surface area is 111 Å². The van der Waals surface area contributed by atoms with Gasteiger partial charge in [0, 0.05) is 18.4 Å². The van der Waals surface area contributed by atoms with Crippen molar-refractivity contribution in [3.63, 3.8) is 0 Å². The number of hydrogen-bond acceptors (Lipinski definition) is 3. The Balaban J connectivity index is 0.00000144. The highest BCUT2D eigenvalue weighted by Crippen LogP contribution is 2.60. The maximum atomic E-state index is 9.23. The summed E-state index contributed by atoms with van der Waals surface area (Å²) in [5.41, 5.74) is 1.45. The van der Waals surface area contributed by atoms with E-state index in [2.05, 4.69) is 44.9 Å². The number of rotatable bonds is 2. The van der Waals surface area contributed by atoms with Crippen molar-refractivity contribution in [1.82, 2.24) is 4.90 Å². The minimum Gasteiger partial charge on any atom is -0.411 e. The predicted molar refractivity (Wildman–Crippen MR) is 73.1 cm³/mol. The standard InChI is InChI=1S/C13H24N2O.ClH/c1-8-9-6-11(13(8,2)3)10(7-15(4)5)12(9)14-16;/h8-11,16H,6-7H2,1-5H3;1H/b14-12+;. The molecule has 4 heteroatoms. The lowest BCUT2D eigenvalue weighted by molar-refractivity contribution is 0.128. The Kier molecular flexibility index (Phi) is 4.15. The lowest BCUT2D eigenvalue weighted by Crippen LogP contribution is -2.43. The third kappa shape index (κ3) is 2.08. The smallest absolute Gasteiger partial charge is 0.0651 e. The average Bonchev–Trinajstić information content (AvgIpc) is 2.63. The van der Waals surface area contributed by atoms with Gasteiger partial charge in [-0.3, -0.25) is 0 Å². The van der Waals surface area contributed by atoms with Gasteiger partial charge in [0.2, 0.25) is 0 Å². The zero-order valence-electron chi connectivity index (χ0n) is 11.5. The van der Waals surface area contributed by atoms with Crippen molar-refractivity contribution in [1.29, 1.82) is 0 Å². The molecule has 1 N–H and O–H groups in total. The van der Waals surface area contributed by atoms with Crippen LogP contribution in [-0.2, 0) is 0 Å². The van der Waals surface area contributed by atoms with Gasteiger partial charge in [0.05, 0.1) is 5.71 Å². The first-order valence-electron chi connectivity index (χ1n) is 6.26. The van der Waals surface area contributed by atoms with Crippen LogP contribution < -0.4 is 0 Å². The van der Waals surface area contributed by atoms with Crippen LogP contribution in [0, 0.1) is 29.1 Å². The van der Waals surface area contributed by atoms with Gasteiger partial charge in [0.15, 0.2) is 0 Å². The van der Waals surface area contributed by atoms with Crippen LogP contribution in [-0.4, -0.2) is 36.5 Å². The van der Waals surface area contributed by atoms with Crippen molar-refractivity contribution < 1.29 is 5.21 Å². The molecule has 4 unspecified atom stereocenters. The normalized spacial score (nSPS) is 40.9. The van der Waals surface area contributed by atoms with E-state index in [0.29, 0.717) is 29.1 Å².